The van der Waals surface area contributed by atoms with E-state index in [1.807, 2.05) is 0 Å². The van der Waals surface area contributed by atoms with Crippen molar-refractivity contribution in [3.8, 4) is 0 Å². The Balaban J connectivity index is 2.51. The van der Waals surface area contributed by atoms with Crippen LogP contribution in [-0.2, 0) is 9.47 Å². The zero-order valence-electron chi connectivity index (χ0n) is 7.17. The molecule has 0 saturated heterocycles. The van der Waals surface area contributed by atoms with Crippen molar-refractivity contribution in [1.29, 1.82) is 0 Å². The van der Waals surface area contributed by atoms with Gasteiger partial charge < -0.3 is 14.6 Å². The molecule has 3 heteroatoms. The highest BCUT2D eigenvalue weighted by atomic mass is 16.7. The van der Waals surface area contributed by atoms with Gasteiger partial charge in [0.25, 0.3) is 0 Å². The van der Waals surface area contributed by atoms with Gasteiger partial charge in [0.15, 0.2) is 6.29 Å². The Morgan fingerprint density at radius 2 is 1.91 bits per heavy atom. The Morgan fingerprint density at radius 3 is 2.00 bits per heavy atom. The number of aliphatic hydroxyl groups is 1. The van der Waals surface area contributed by atoms with Gasteiger partial charge in [-0.15, -0.1) is 0 Å². The molecule has 1 aliphatic carbocycles. The van der Waals surface area contributed by atoms with Crippen molar-refractivity contribution in [3.05, 3.63) is 0 Å². The Hall–Kier alpha value is -0.120. The zero-order chi connectivity index (χ0) is 8.32. The fourth-order valence-corrected chi connectivity index (χ4v) is 1.70. The second-order valence-electron chi connectivity index (χ2n) is 3.18. The van der Waals surface area contributed by atoms with Gasteiger partial charge in [0.1, 0.15) is 0 Å². The maximum atomic E-state index is 9.11. The minimum atomic E-state index is -0.235. The fourth-order valence-electron chi connectivity index (χ4n) is 1.70. The number of ether oxygens (including phenoxy) is 2. The second kappa shape index (κ2) is 3.52. The van der Waals surface area contributed by atoms with E-state index in [1.54, 1.807) is 14.2 Å². The summed E-state index contributed by atoms with van der Waals surface area (Å²) < 4.78 is 10.2. The summed E-state index contributed by atoms with van der Waals surface area (Å²) in [5, 5.41) is 9.11. The standard InChI is InChI=1S/C8H16O3/c1-10-7(11-2)8(6-9)4-3-5-8/h7,9H,3-6H2,1-2H3. The molecule has 1 N–H and O–H groups in total. The summed E-state index contributed by atoms with van der Waals surface area (Å²) in [6.45, 7) is 0.166. The van der Waals surface area contributed by atoms with Crippen molar-refractivity contribution < 1.29 is 14.6 Å². The van der Waals surface area contributed by atoms with Crippen molar-refractivity contribution in [1.82, 2.24) is 0 Å². The fraction of sp³-hybridized carbons (Fsp3) is 1.00. The van der Waals surface area contributed by atoms with E-state index in [9.17, 15) is 0 Å². The van der Waals surface area contributed by atoms with Crippen molar-refractivity contribution >= 4 is 0 Å². The molecule has 3 nitrogen and oxygen atoms in total. The number of aliphatic hydroxyl groups excluding tert-OH is 1. The quantitative estimate of drug-likeness (QED) is 0.617. The average molecular weight is 160 g/mol. The molecule has 0 radical (unpaired) electrons. The van der Waals surface area contributed by atoms with E-state index >= 15 is 0 Å². The van der Waals surface area contributed by atoms with Crippen LogP contribution in [0, 0.1) is 5.41 Å². The molecule has 1 rings (SSSR count). The lowest BCUT2D eigenvalue weighted by molar-refractivity contribution is -0.215. The third kappa shape index (κ3) is 1.41. The molecule has 11 heavy (non-hydrogen) atoms. The van der Waals surface area contributed by atoms with Gasteiger partial charge in [0.05, 0.1) is 6.61 Å². The van der Waals surface area contributed by atoms with Crippen molar-refractivity contribution in [2.45, 2.75) is 25.6 Å². The van der Waals surface area contributed by atoms with Crippen LogP contribution in [-0.4, -0.2) is 32.2 Å². The van der Waals surface area contributed by atoms with Gasteiger partial charge in [0, 0.05) is 19.6 Å². The van der Waals surface area contributed by atoms with Crippen LogP contribution in [0.15, 0.2) is 0 Å². The molecular weight excluding hydrogens is 144 g/mol. The highest BCUT2D eigenvalue weighted by Crippen LogP contribution is 2.44. The lowest BCUT2D eigenvalue weighted by Crippen LogP contribution is -2.46. The summed E-state index contributed by atoms with van der Waals surface area (Å²) in [6, 6.07) is 0. The number of rotatable bonds is 4. The molecule has 0 aromatic heterocycles. The molecule has 0 amide bonds. The lowest BCUT2D eigenvalue weighted by atomic mass is 9.69. The first-order valence-electron chi connectivity index (χ1n) is 3.95. The van der Waals surface area contributed by atoms with Crippen LogP contribution in [0.4, 0.5) is 0 Å². The Kier molecular flexibility index (Phi) is 2.87. The zero-order valence-corrected chi connectivity index (χ0v) is 7.17. The predicted molar refractivity (Wildman–Crippen MR) is 41.2 cm³/mol. The van der Waals surface area contributed by atoms with E-state index in [0.29, 0.717) is 0 Å². The first-order valence-corrected chi connectivity index (χ1v) is 3.95. The summed E-state index contributed by atoms with van der Waals surface area (Å²) >= 11 is 0. The van der Waals surface area contributed by atoms with Crippen LogP contribution in [0.2, 0.25) is 0 Å². The highest BCUT2D eigenvalue weighted by Gasteiger charge is 2.44. The summed E-state index contributed by atoms with van der Waals surface area (Å²) in [4.78, 5) is 0. The molecule has 0 heterocycles. The van der Waals surface area contributed by atoms with Crippen molar-refractivity contribution in [2.75, 3.05) is 20.8 Å². The topological polar surface area (TPSA) is 38.7 Å². The monoisotopic (exact) mass is 160 g/mol. The third-order valence-electron chi connectivity index (χ3n) is 2.59. The average Bonchev–Trinajstić information content (AvgIpc) is 1.96. The molecule has 0 aliphatic heterocycles. The van der Waals surface area contributed by atoms with Gasteiger partial charge in [-0.1, -0.05) is 6.42 Å². The van der Waals surface area contributed by atoms with Gasteiger partial charge in [-0.25, -0.2) is 0 Å². The second-order valence-corrected chi connectivity index (χ2v) is 3.18. The smallest absolute Gasteiger partial charge is 0.164 e. The maximum absolute atomic E-state index is 9.11. The first kappa shape index (κ1) is 8.97. The Labute approximate surface area is 67.3 Å². The molecular formula is C8H16O3. The van der Waals surface area contributed by atoms with Crippen molar-refractivity contribution in [2.24, 2.45) is 5.41 Å². The summed E-state index contributed by atoms with van der Waals surface area (Å²) in [5.41, 5.74) is -0.108. The SMILES string of the molecule is COC(OC)C1(CO)CCC1. The highest BCUT2D eigenvalue weighted by molar-refractivity contribution is 4.90. The van der Waals surface area contributed by atoms with E-state index in [0.717, 1.165) is 12.8 Å². The molecule has 1 fully saturated rings. The molecule has 0 atom stereocenters. The molecule has 66 valence electrons. The molecule has 1 aliphatic rings. The lowest BCUT2D eigenvalue weighted by Gasteiger charge is -2.44. The van der Waals surface area contributed by atoms with Crippen LogP contribution in [0.1, 0.15) is 19.3 Å². The van der Waals surface area contributed by atoms with Crippen LogP contribution in [0.3, 0.4) is 0 Å². The molecule has 1 saturated carbocycles. The van der Waals surface area contributed by atoms with Gasteiger partial charge >= 0.3 is 0 Å². The molecule has 0 spiro atoms. The number of hydrogen-bond donors (Lipinski definition) is 1. The maximum Gasteiger partial charge on any atom is 0.164 e. The molecule has 0 bridgehead atoms. The van der Waals surface area contributed by atoms with Gasteiger partial charge in [-0.05, 0) is 12.8 Å². The number of hydrogen-bond acceptors (Lipinski definition) is 3. The van der Waals surface area contributed by atoms with E-state index in [1.165, 1.54) is 6.42 Å². The van der Waals surface area contributed by atoms with E-state index in [4.69, 9.17) is 14.6 Å². The van der Waals surface area contributed by atoms with Gasteiger partial charge in [0.2, 0.25) is 0 Å². The molecule has 0 aromatic carbocycles. The first-order chi connectivity index (χ1) is 5.29. The normalized spacial score (nSPS) is 21.8. The van der Waals surface area contributed by atoms with E-state index in [2.05, 4.69) is 0 Å². The van der Waals surface area contributed by atoms with Crippen molar-refractivity contribution in [3.63, 3.8) is 0 Å². The van der Waals surface area contributed by atoms with Crippen LogP contribution >= 0.6 is 0 Å². The van der Waals surface area contributed by atoms with Crippen LogP contribution in [0.25, 0.3) is 0 Å². The van der Waals surface area contributed by atoms with Gasteiger partial charge in [-0.2, -0.15) is 0 Å². The van der Waals surface area contributed by atoms with Gasteiger partial charge in [-0.3, -0.25) is 0 Å². The Bertz CT molecular complexity index is 111. The minimum Gasteiger partial charge on any atom is -0.396 e. The minimum absolute atomic E-state index is 0.108. The summed E-state index contributed by atoms with van der Waals surface area (Å²) in [6.07, 6.45) is 2.95. The third-order valence-corrected chi connectivity index (χ3v) is 2.59. The largest absolute Gasteiger partial charge is 0.396 e. The summed E-state index contributed by atoms with van der Waals surface area (Å²) in [7, 11) is 3.23. The molecule has 0 aromatic rings. The summed E-state index contributed by atoms with van der Waals surface area (Å²) in [5.74, 6) is 0. The van der Waals surface area contributed by atoms with E-state index in [-0.39, 0.29) is 18.3 Å². The molecule has 0 unspecified atom stereocenters. The van der Waals surface area contributed by atoms with E-state index < -0.39 is 0 Å². The van der Waals surface area contributed by atoms with Crippen LogP contribution in [0.5, 0.6) is 0 Å². The Morgan fingerprint density at radius 1 is 1.36 bits per heavy atom. The number of methoxy groups -OCH3 is 2. The van der Waals surface area contributed by atoms with Crippen LogP contribution < -0.4 is 0 Å². The predicted octanol–water partition coefficient (Wildman–Crippen LogP) is 0.768.